The molecule has 122 valence electrons. The van der Waals surface area contributed by atoms with Crippen LogP contribution in [-0.2, 0) is 0 Å². The molecule has 23 heavy (non-hydrogen) atoms. The van der Waals surface area contributed by atoms with Crippen molar-refractivity contribution in [1.29, 1.82) is 0 Å². The van der Waals surface area contributed by atoms with E-state index < -0.39 is 0 Å². The van der Waals surface area contributed by atoms with Crippen LogP contribution < -0.4 is 10.2 Å². The lowest BCUT2D eigenvalue weighted by Gasteiger charge is -2.22. The van der Waals surface area contributed by atoms with Crippen molar-refractivity contribution in [3.05, 3.63) is 47.9 Å². The SMILES string of the molecule is CCN(c1cccc(C)c1)c1cnc(C(=O)NCC(C)C)cn1. The molecule has 0 unspecified atom stereocenters. The standard InChI is InChI=1S/C18H24N4O/c1-5-22(15-8-6-7-14(4)9-15)17-12-19-16(11-20-17)18(23)21-10-13(2)3/h6-9,11-13H,5,10H2,1-4H3,(H,21,23). The smallest absolute Gasteiger partial charge is 0.271 e. The number of hydrogen-bond donors (Lipinski definition) is 1. The molecule has 0 saturated carbocycles. The highest BCUT2D eigenvalue weighted by Crippen LogP contribution is 2.23. The van der Waals surface area contributed by atoms with Gasteiger partial charge in [0.05, 0.1) is 12.4 Å². The Hall–Kier alpha value is -2.43. The summed E-state index contributed by atoms with van der Waals surface area (Å²) in [5.41, 5.74) is 2.60. The summed E-state index contributed by atoms with van der Waals surface area (Å²) >= 11 is 0. The van der Waals surface area contributed by atoms with E-state index in [1.165, 1.54) is 11.8 Å². The number of carbonyl (C=O) groups excluding carboxylic acids is 1. The maximum absolute atomic E-state index is 12.0. The number of hydrogen-bond acceptors (Lipinski definition) is 4. The summed E-state index contributed by atoms with van der Waals surface area (Å²) in [4.78, 5) is 22.7. The molecule has 0 atom stereocenters. The average molecular weight is 312 g/mol. The zero-order valence-electron chi connectivity index (χ0n) is 14.2. The Bertz CT molecular complexity index is 652. The van der Waals surface area contributed by atoms with E-state index in [9.17, 15) is 4.79 Å². The Labute approximate surface area is 137 Å². The van der Waals surface area contributed by atoms with Gasteiger partial charge in [0.25, 0.3) is 5.91 Å². The Morgan fingerprint density at radius 3 is 2.61 bits per heavy atom. The van der Waals surface area contributed by atoms with Crippen molar-refractivity contribution in [3.8, 4) is 0 Å². The number of aryl methyl sites for hydroxylation is 1. The predicted octanol–water partition coefficient (Wildman–Crippen LogP) is 3.33. The molecule has 0 spiro atoms. The second-order valence-electron chi connectivity index (χ2n) is 5.95. The van der Waals surface area contributed by atoms with Crippen molar-refractivity contribution in [2.75, 3.05) is 18.0 Å². The lowest BCUT2D eigenvalue weighted by atomic mass is 10.2. The van der Waals surface area contributed by atoms with Gasteiger partial charge in [-0.05, 0) is 37.5 Å². The lowest BCUT2D eigenvalue weighted by Crippen LogP contribution is -2.28. The lowest BCUT2D eigenvalue weighted by molar-refractivity contribution is 0.0943. The number of nitrogens with zero attached hydrogens (tertiary/aromatic N) is 3. The topological polar surface area (TPSA) is 58.1 Å². The number of rotatable bonds is 6. The minimum absolute atomic E-state index is 0.184. The van der Waals surface area contributed by atoms with Crippen LogP contribution in [0.1, 0.15) is 36.8 Å². The van der Waals surface area contributed by atoms with Gasteiger partial charge in [0.15, 0.2) is 5.82 Å². The molecule has 5 heteroatoms. The molecule has 1 amide bonds. The molecule has 5 nitrogen and oxygen atoms in total. The summed E-state index contributed by atoms with van der Waals surface area (Å²) in [5.74, 6) is 0.956. The molecule has 0 radical (unpaired) electrons. The van der Waals surface area contributed by atoms with Gasteiger partial charge >= 0.3 is 0 Å². The molecule has 1 N–H and O–H groups in total. The maximum atomic E-state index is 12.0. The van der Waals surface area contributed by atoms with E-state index in [0.29, 0.717) is 18.2 Å². The van der Waals surface area contributed by atoms with Crippen molar-refractivity contribution in [1.82, 2.24) is 15.3 Å². The fourth-order valence-corrected chi connectivity index (χ4v) is 2.24. The van der Waals surface area contributed by atoms with Crippen LogP contribution in [0, 0.1) is 12.8 Å². The first-order chi connectivity index (χ1) is 11.0. The molecule has 0 saturated heterocycles. The van der Waals surface area contributed by atoms with E-state index in [1.54, 1.807) is 6.20 Å². The van der Waals surface area contributed by atoms with Crippen molar-refractivity contribution in [3.63, 3.8) is 0 Å². The summed E-state index contributed by atoms with van der Waals surface area (Å²) in [6.45, 7) is 9.63. The van der Waals surface area contributed by atoms with Crippen molar-refractivity contribution >= 4 is 17.4 Å². The third kappa shape index (κ3) is 4.52. The van der Waals surface area contributed by atoms with E-state index in [-0.39, 0.29) is 5.91 Å². The van der Waals surface area contributed by atoms with Crippen molar-refractivity contribution < 1.29 is 4.79 Å². The molecule has 1 aromatic carbocycles. The van der Waals surface area contributed by atoms with Gasteiger partial charge < -0.3 is 10.2 Å². The van der Waals surface area contributed by atoms with Crippen LogP contribution in [0.3, 0.4) is 0 Å². The van der Waals surface area contributed by atoms with Gasteiger partial charge in [0, 0.05) is 18.8 Å². The molecule has 0 aliphatic rings. The molecular weight excluding hydrogens is 288 g/mol. The molecule has 0 aliphatic carbocycles. The van der Waals surface area contributed by atoms with Gasteiger partial charge in [-0.15, -0.1) is 0 Å². The number of anilines is 2. The van der Waals surface area contributed by atoms with E-state index in [0.717, 1.165) is 18.1 Å². The molecule has 2 rings (SSSR count). The van der Waals surface area contributed by atoms with E-state index in [4.69, 9.17) is 0 Å². The maximum Gasteiger partial charge on any atom is 0.271 e. The molecule has 0 bridgehead atoms. The second kappa shape index (κ2) is 7.72. The van der Waals surface area contributed by atoms with Crippen LogP contribution in [0.15, 0.2) is 36.7 Å². The predicted molar refractivity (Wildman–Crippen MR) is 93.1 cm³/mol. The van der Waals surface area contributed by atoms with Crippen LogP contribution in [-0.4, -0.2) is 29.0 Å². The fraction of sp³-hybridized carbons (Fsp3) is 0.389. The summed E-state index contributed by atoms with van der Waals surface area (Å²) in [5, 5.41) is 2.85. The molecule has 1 aromatic heterocycles. The Kier molecular flexibility index (Phi) is 5.68. The molecule has 0 fully saturated rings. The van der Waals surface area contributed by atoms with Crippen LogP contribution in [0.4, 0.5) is 11.5 Å². The summed E-state index contributed by atoms with van der Waals surface area (Å²) in [6.07, 6.45) is 3.18. The fourth-order valence-electron chi connectivity index (χ4n) is 2.24. The van der Waals surface area contributed by atoms with Crippen LogP contribution in [0.5, 0.6) is 0 Å². The number of carbonyl (C=O) groups is 1. The van der Waals surface area contributed by atoms with Crippen LogP contribution >= 0.6 is 0 Å². The highest BCUT2D eigenvalue weighted by atomic mass is 16.1. The molecule has 0 aliphatic heterocycles. The number of amides is 1. The first kappa shape index (κ1) is 16.9. The first-order valence-corrected chi connectivity index (χ1v) is 7.95. The van der Waals surface area contributed by atoms with E-state index >= 15 is 0 Å². The monoisotopic (exact) mass is 312 g/mol. The van der Waals surface area contributed by atoms with Gasteiger partial charge in [-0.1, -0.05) is 26.0 Å². The highest BCUT2D eigenvalue weighted by Gasteiger charge is 2.12. The summed E-state index contributed by atoms with van der Waals surface area (Å²) in [6, 6.07) is 8.23. The molecular formula is C18H24N4O. The first-order valence-electron chi connectivity index (χ1n) is 7.95. The van der Waals surface area contributed by atoms with Gasteiger partial charge in [0.2, 0.25) is 0 Å². The minimum Gasteiger partial charge on any atom is -0.350 e. The summed E-state index contributed by atoms with van der Waals surface area (Å²) in [7, 11) is 0. The van der Waals surface area contributed by atoms with Gasteiger partial charge in [-0.2, -0.15) is 0 Å². The third-order valence-electron chi connectivity index (χ3n) is 3.45. The van der Waals surface area contributed by atoms with Crippen LogP contribution in [0.2, 0.25) is 0 Å². The second-order valence-corrected chi connectivity index (χ2v) is 5.95. The Balaban J connectivity index is 2.15. The zero-order chi connectivity index (χ0) is 16.8. The van der Waals surface area contributed by atoms with Gasteiger partial charge in [0.1, 0.15) is 5.69 Å². The largest absolute Gasteiger partial charge is 0.350 e. The number of nitrogens with one attached hydrogen (secondary N) is 1. The molecule has 2 aromatic rings. The normalized spacial score (nSPS) is 10.7. The number of aromatic nitrogens is 2. The van der Waals surface area contributed by atoms with E-state index in [1.807, 2.05) is 12.1 Å². The molecule has 1 heterocycles. The van der Waals surface area contributed by atoms with Gasteiger partial charge in [-0.3, -0.25) is 4.79 Å². The van der Waals surface area contributed by atoms with Gasteiger partial charge in [-0.25, -0.2) is 9.97 Å². The van der Waals surface area contributed by atoms with Crippen molar-refractivity contribution in [2.24, 2.45) is 5.92 Å². The quantitative estimate of drug-likeness (QED) is 0.889. The Morgan fingerprint density at radius 1 is 1.26 bits per heavy atom. The Morgan fingerprint density at radius 2 is 2.04 bits per heavy atom. The zero-order valence-corrected chi connectivity index (χ0v) is 14.2. The average Bonchev–Trinajstić information content (AvgIpc) is 2.54. The third-order valence-corrected chi connectivity index (χ3v) is 3.45. The van der Waals surface area contributed by atoms with Crippen LogP contribution in [0.25, 0.3) is 0 Å². The van der Waals surface area contributed by atoms with E-state index in [2.05, 4.69) is 60.0 Å². The highest BCUT2D eigenvalue weighted by molar-refractivity contribution is 5.92. The number of benzene rings is 1. The minimum atomic E-state index is -0.184. The van der Waals surface area contributed by atoms with Crippen molar-refractivity contribution in [2.45, 2.75) is 27.7 Å². The summed E-state index contributed by atoms with van der Waals surface area (Å²) < 4.78 is 0.